The van der Waals surface area contributed by atoms with Crippen molar-refractivity contribution in [3.8, 4) is 0 Å². The van der Waals surface area contributed by atoms with E-state index in [9.17, 15) is 9.59 Å². The van der Waals surface area contributed by atoms with Gasteiger partial charge in [-0.2, -0.15) is 0 Å². The molecule has 4 nitrogen and oxygen atoms in total. The number of thioether (sulfide) groups is 1. The summed E-state index contributed by atoms with van der Waals surface area (Å²) in [6.07, 6.45) is 1.81. The highest BCUT2D eigenvalue weighted by atomic mass is 32.2. The highest BCUT2D eigenvalue weighted by Gasteiger charge is 2.33. The van der Waals surface area contributed by atoms with E-state index >= 15 is 0 Å². The molecule has 0 spiro atoms. The van der Waals surface area contributed by atoms with Crippen LogP contribution in [0.1, 0.15) is 18.1 Å². The number of para-hydroxylation sites is 1. The summed E-state index contributed by atoms with van der Waals surface area (Å²) in [7, 11) is 0. The Balaban J connectivity index is 1.85. The lowest BCUT2D eigenvalue weighted by Crippen LogP contribution is -2.28. The molecule has 0 saturated carbocycles. The fourth-order valence-electron chi connectivity index (χ4n) is 2.51. The average molecular weight is 368 g/mol. The van der Waals surface area contributed by atoms with Crippen molar-refractivity contribution in [3.63, 3.8) is 0 Å². The topological polar surface area (TPSA) is 49.4 Å². The van der Waals surface area contributed by atoms with Crippen LogP contribution in [0.3, 0.4) is 0 Å². The predicted molar refractivity (Wildman–Crippen MR) is 108 cm³/mol. The lowest BCUT2D eigenvalue weighted by Gasteiger charge is -2.16. The third kappa shape index (κ3) is 3.81. The number of rotatable bonds is 3. The van der Waals surface area contributed by atoms with Crippen LogP contribution in [-0.4, -0.2) is 16.1 Å². The molecule has 1 N–H and O–H groups in total. The zero-order valence-corrected chi connectivity index (χ0v) is 15.4. The third-order valence-electron chi connectivity index (χ3n) is 3.68. The molecule has 0 atom stereocenters. The molecule has 2 amide bonds. The fraction of sp³-hybridized carbons (Fsp3) is 0.105. The van der Waals surface area contributed by atoms with Crippen molar-refractivity contribution in [2.45, 2.75) is 13.8 Å². The van der Waals surface area contributed by atoms with Gasteiger partial charge in [0.2, 0.25) is 5.91 Å². The zero-order chi connectivity index (χ0) is 18.0. The Hall–Kier alpha value is -2.44. The van der Waals surface area contributed by atoms with Gasteiger partial charge in [-0.1, -0.05) is 54.3 Å². The number of carbonyl (C=O) groups excluding carboxylic acids is 2. The quantitative estimate of drug-likeness (QED) is 0.646. The Morgan fingerprint density at radius 2 is 1.84 bits per heavy atom. The first kappa shape index (κ1) is 17.4. The molecule has 3 rings (SSSR count). The number of aryl methyl sites for hydroxylation is 1. The minimum atomic E-state index is -0.119. The second kappa shape index (κ2) is 7.21. The van der Waals surface area contributed by atoms with E-state index < -0.39 is 0 Å². The number of nitrogens with one attached hydrogen (secondary N) is 1. The first-order chi connectivity index (χ1) is 12.0. The van der Waals surface area contributed by atoms with Crippen molar-refractivity contribution in [1.29, 1.82) is 0 Å². The molecule has 1 aliphatic rings. The minimum Gasteiger partial charge on any atom is -0.326 e. The van der Waals surface area contributed by atoms with Crippen LogP contribution in [0, 0.1) is 6.92 Å². The van der Waals surface area contributed by atoms with Gasteiger partial charge in [-0.05, 0) is 42.3 Å². The number of benzene rings is 2. The number of amides is 2. The first-order valence-electron chi connectivity index (χ1n) is 7.67. The molecule has 2 aromatic carbocycles. The van der Waals surface area contributed by atoms with Crippen LogP contribution >= 0.6 is 24.0 Å². The smallest absolute Gasteiger partial charge is 0.270 e. The van der Waals surface area contributed by atoms with Crippen LogP contribution in [0.15, 0.2) is 53.4 Å². The van der Waals surface area contributed by atoms with Gasteiger partial charge < -0.3 is 5.32 Å². The van der Waals surface area contributed by atoms with Gasteiger partial charge in [0.25, 0.3) is 5.91 Å². The number of carbonyl (C=O) groups is 2. The molecule has 25 heavy (non-hydrogen) atoms. The van der Waals surface area contributed by atoms with E-state index in [0.29, 0.717) is 9.23 Å². The van der Waals surface area contributed by atoms with Crippen molar-refractivity contribution in [1.82, 2.24) is 0 Å². The van der Waals surface area contributed by atoms with E-state index in [1.54, 1.807) is 17.0 Å². The van der Waals surface area contributed by atoms with E-state index in [0.717, 1.165) is 22.5 Å². The summed E-state index contributed by atoms with van der Waals surface area (Å²) < 4.78 is 0.528. The summed E-state index contributed by atoms with van der Waals surface area (Å²) in [4.78, 5) is 26.0. The van der Waals surface area contributed by atoms with Crippen molar-refractivity contribution in [2.24, 2.45) is 0 Å². The van der Waals surface area contributed by atoms with Crippen molar-refractivity contribution < 1.29 is 9.59 Å². The van der Waals surface area contributed by atoms with Gasteiger partial charge in [-0.25, -0.2) is 0 Å². The Kier molecular flexibility index (Phi) is 5.01. The lowest BCUT2D eigenvalue weighted by atomic mass is 10.1. The van der Waals surface area contributed by atoms with Gasteiger partial charge in [0.1, 0.15) is 0 Å². The van der Waals surface area contributed by atoms with Crippen molar-refractivity contribution in [2.75, 3.05) is 10.2 Å². The van der Waals surface area contributed by atoms with Crippen LogP contribution in [0.4, 0.5) is 11.4 Å². The Bertz CT molecular complexity index is 889. The van der Waals surface area contributed by atoms with E-state index in [-0.39, 0.29) is 11.8 Å². The van der Waals surface area contributed by atoms with Gasteiger partial charge in [-0.3, -0.25) is 14.5 Å². The molecular weight excluding hydrogens is 352 g/mol. The normalized spacial score (nSPS) is 15.8. The van der Waals surface area contributed by atoms with Gasteiger partial charge in [0.15, 0.2) is 4.32 Å². The fourth-order valence-corrected chi connectivity index (χ4v) is 3.79. The molecule has 2 aromatic rings. The predicted octanol–water partition coefficient (Wildman–Crippen LogP) is 4.36. The van der Waals surface area contributed by atoms with Crippen molar-refractivity contribution >= 4 is 57.6 Å². The van der Waals surface area contributed by atoms with E-state index in [1.165, 1.54) is 18.7 Å². The van der Waals surface area contributed by atoms with Crippen molar-refractivity contribution in [3.05, 3.63) is 64.6 Å². The largest absolute Gasteiger partial charge is 0.326 e. The maximum absolute atomic E-state index is 12.8. The minimum absolute atomic E-state index is 0.116. The monoisotopic (exact) mass is 368 g/mol. The second-order valence-electron chi connectivity index (χ2n) is 5.61. The number of hydrogen-bond donors (Lipinski definition) is 1. The van der Waals surface area contributed by atoms with Gasteiger partial charge in [0, 0.05) is 12.6 Å². The number of hydrogen-bond acceptors (Lipinski definition) is 4. The number of thiocarbonyl (C=S) groups is 1. The van der Waals surface area contributed by atoms with Gasteiger partial charge >= 0.3 is 0 Å². The van der Waals surface area contributed by atoms with Gasteiger partial charge in [0.05, 0.1) is 10.6 Å². The molecule has 0 aliphatic carbocycles. The molecule has 1 saturated heterocycles. The standard InChI is InChI=1S/C19H16N2O2S2/c1-12-5-3-4-6-16(12)21-18(23)17(25-19(21)24)11-14-7-9-15(10-8-14)20-13(2)22/h3-11H,1-2H3,(H,20,22)/b17-11+. The molecular formula is C19H16N2O2S2. The third-order valence-corrected chi connectivity index (χ3v) is 4.98. The molecule has 0 unspecified atom stereocenters. The summed E-state index contributed by atoms with van der Waals surface area (Å²) in [5.41, 5.74) is 3.41. The highest BCUT2D eigenvalue weighted by molar-refractivity contribution is 8.27. The summed E-state index contributed by atoms with van der Waals surface area (Å²) >= 11 is 6.69. The molecule has 1 fully saturated rings. The lowest BCUT2D eigenvalue weighted by molar-refractivity contribution is -0.114. The van der Waals surface area contributed by atoms with E-state index in [4.69, 9.17) is 12.2 Å². The summed E-state index contributed by atoms with van der Waals surface area (Å²) in [5, 5.41) is 2.72. The first-order valence-corrected chi connectivity index (χ1v) is 8.89. The van der Waals surface area contributed by atoms with Crippen LogP contribution in [0.2, 0.25) is 0 Å². The summed E-state index contributed by atoms with van der Waals surface area (Å²) in [6, 6.07) is 15.0. The second-order valence-corrected chi connectivity index (χ2v) is 7.28. The molecule has 1 aliphatic heterocycles. The van der Waals surface area contributed by atoms with Crippen LogP contribution in [-0.2, 0) is 9.59 Å². The maximum Gasteiger partial charge on any atom is 0.270 e. The maximum atomic E-state index is 12.8. The average Bonchev–Trinajstić information content (AvgIpc) is 2.83. The molecule has 0 radical (unpaired) electrons. The van der Waals surface area contributed by atoms with Crippen LogP contribution < -0.4 is 10.2 Å². The molecule has 1 heterocycles. The molecule has 126 valence electrons. The Labute approximate surface area is 155 Å². The highest BCUT2D eigenvalue weighted by Crippen LogP contribution is 2.37. The molecule has 0 bridgehead atoms. The summed E-state index contributed by atoms with van der Waals surface area (Å²) in [5.74, 6) is -0.234. The summed E-state index contributed by atoms with van der Waals surface area (Å²) in [6.45, 7) is 3.42. The molecule has 6 heteroatoms. The Morgan fingerprint density at radius 1 is 1.16 bits per heavy atom. The van der Waals surface area contributed by atoms with Gasteiger partial charge in [-0.15, -0.1) is 0 Å². The van der Waals surface area contributed by atoms with Crippen LogP contribution in [0.5, 0.6) is 0 Å². The van der Waals surface area contributed by atoms with Crippen LogP contribution in [0.25, 0.3) is 6.08 Å². The number of anilines is 2. The van der Waals surface area contributed by atoms with E-state index in [1.807, 2.05) is 49.4 Å². The zero-order valence-electron chi connectivity index (χ0n) is 13.8. The SMILES string of the molecule is CC(=O)Nc1ccc(/C=C2/SC(=S)N(c3ccccc3C)C2=O)cc1. The number of nitrogens with zero attached hydrogens (tertiary/aromatic N) is 1. The molecule has 0 aromatic heterocycles. The Morgan fingerprint density at radius 3 is 2.48 bits per heavy atom. The van der Waals surface area contributed by atoms with E-state index in [2.05, 4.69) is 5.32 Å².